The average molecular weight is 328 g/mol. The van der Waals surface area contributed by atoms with E-state index in [2.05, 4.69) is 9.97 Å². The van der Waals surface area contributed by atoms with E-state index in [1.54, 1.807) is 23.4 Å². The average Bonchev–Trinajstić information content (AvgIpc) is 3.18. The summed E-state index contributed by atoms with van der Waals surface area (Å²) in [5.41, 5.74) is 12.6. The highest BCUT2D eigenvalue weighted by Gasteiger charge is 2.49. The van der Waals surface area contributed by atoms with E-state index >= 15 is 0 Å². The molecule has 0 aromatic carbocycles. The second-order valence-corrected chi connectivity index (χ2v) is 6.47. The number of aromatic nitrogens is 2. The molecular formula is C16H20N6O2. The zero-order valence-electron chi connectivity index (χ0n) is 13.2. The summed E-state index contributed by atoms with van der Waals surface area (Å²) in [5.74, 6) is 0.184. The number of hydrogen-bond donors (Lipinski definition) is 3. The molecule has 2 aliphatic rings. The Labute approximate surface area is 138 Å². The van der Waals surface area contributed by atoms with Crippen molar-refractivity contribution in [1.29, 1.82) is 0 Å². The highest BCUT2D eigenvalue weighted by atomic mass is 16.2. The monoisotopic (exact) mass is 328 g/mol. The van der Waals surface area contributed by atoms with Crippen LogP contribution in [0.25, 0.3) is 11.0 Å². The van der Waals surface area contributed by atoms with Crippen molar-refractivity contribution in [3.8, 4) is 0 Å². The fourth-order valence-electron chi connectivity index (χ4n) is 3.69. The van der Waals surface area contributed by atoms with Crippen molar-refractivity contribution in [3.05, 3.63) is 30.1 Å². The third-order valence-electron chi connectivity index (χ3n) is 5.07. The Morgan fingerprint density at radius 1 is 1.33 bits per heavy atom. The van der Waals surface area contributed by atoms with Gasteiger partial charge in [0.05, 0.1) is 17.6 Å². The SMILES string of the molecule is NC[C@@H](N)C(=O)N1C[C@H]2CN(C(=O)c3ccnc4[nH]ccc34)C[C@H]21. The topological polar surface area (TPSA) is 121 Å². The zero-order valence-corrected chi connectivity index (χ0v) is 13.2. The van der Waals surface area contributed by atoms with Crippen molar-refractivity contribution >= 4 is 22.8 Å². The van der Waals surface area contributed by atoms with Gasteiger partial charge in [0, 0.05) is 49.9 Å². The number of likely N-dealkylation sites (tertiary alicyclic amines) is 2. The van der Waals surface area contributed by atoms with Gasteiger partial charge in [-0.1, -0.05) is 0 Å². The molecular weight excluding hydrogens is 308 g/mol. The van der Waals surface area contributed by atoms with Gasteiger partial charge in [-0.3, -0.25) is 9.59 Å². The normalized spacial score (nSPS) is 23.9. The Kier molecular flexibility index (Phi) is 3.50. The number of amides is 2. The number of pyridine rings is 1. The molecule has 5 N–H and O–H groups in total. The van der Waals surface area contributed by atoms with Crippen molar-refractivity contribution in [1.82, 2.24) is 19.8 Å². The van der Waals surface area contributed by atoms with Gasteiger partial charge in [-0.2, -0.15) is 0 Å². The third kappa shape index (κ3) is 2.18. The molecule has 2 saturated heterocycles. The Morgan fingerprint density at radius 3 is 2.96 bits per heavy atom. The lowest BCUT2D eigenvalue weighted by Gasteiger charge is -2.44. The van der Waals surface area contributed by atoms with Crippen molar-refractivity contribution in [2.24, 2.45) is 17.4 Å². The minimum absolute atomic E-state index is 0.0214. The Bertz CT molecular complexity index is 803. The molecule has 126 valence electrons. The van der Waals surface area contributed by atoms with E-state index in [9.17, 15) is 9.59 Å². The molecule has 0 bridgehead atoms. The van der Waals surface area contributed by atoms with E-state index in [0.29, 0.717) is 36.8 Å². The molecule has 3 atom stereocenters. The van der Waals surface area contributed by atoms with Crippen LogP contribution in [0.1, 0.15) is 10.4 Å². The Morgan fingerprint density at radius 2 is 2.17 bits per heavy atom. The van der Waals surface area contributed by atoms with Crippen LogP contribution >= 0.6 is 0 Å². The number of hydrogen-bond acceptors (Lipinski definition) is 5. The molecule has 0 saturated carbocycles. The van der Waals surface area contributed by atoms with Crippen molar-refractivity contribution in [2.45, 2.75) is 12.1 Å². The number of nitrogens with zero attached hydrogens (tertiary/aromatic N) is 3. The zero-order chi connectivity index (χ0) is 16.8. The van der Waals surface area contributed by atoms with Crippen LogP contribution in [0.2, 0.25) is 0 Å². The minimum atomic E-state index is -0.657. The maximum absolute atomic E-state index is 12.9. The fraction of sp³-hybridized carbons (Fsp3) is 0.438. The van der Waals surface area contributed by atoms with Gasteiger partial charge < -0.3 is 26.3 Å². The lowest BCUT2D eigenvalue weighted by molar-refractivity contribution is -0.142. The number of nitrogens with two attached hydrogens (primary N) is 2. The molecule has 8 heteroatoms. The second kappa shape index (κ2) is 5.57. The molecule has 0 unspecified atom stereocenters. The standard InChI is InChI=1S/C16H20N6O2/c17-5-12(18)16(24)22-7-9-6-21(8-13(9)22)15(23)11-2-4-20-14-10(11)1-3-19-14/h1-4,9,12-13H,5-8,17-18H2,(H,19,20)/t9-,12-,13-/m1/s1. The molecule has 4 heterocycles. The Hall–Kier alpha value is -2.45. The van der Waals surface area contributed by atoms with Gasteiger partial charge >= 0.3 is 0 Å². The maximum Gasteiger partial charge on any atom is 0.254 e. The molecule has 0 spiro atoms. The van der Waals surface area contributed by atoms with Crippen LogP contribution < -0.4 is 11.5 Å². The number of fused-ring (bicyclic) bond motifs is 2. The molecule has 0 radical (unpaired) electrons. The summed E-state index contributed by atoms with van der Waals surface area (Å²) in [4.78, 5) is 35.9. The van der Waals surface area contributed by atoms with Gasteiger partial charge in [0.2, 0.25) is 5.91 Å². The van der Waals surface area contributed by atoms with Gasteiger partial charge in [-0.05, 0) is 12.1 Å². The number of carbonyl (C=O) groups is 2. The first-order valence-electron chi connectivity index (χ1n) is 8.07. The summed E-state index contributed by atoms with van der Waals surface area (Å²) in [6, 6.07) is 3.00. The molecule has 2 aliphatic heterocycles. The molecule has 0 aliphatic carbocycles. The van der Waals surface area contributed by atoms with E-state index < -0.39 is 6.04 Å². The molecule has 24 heavy (non-hydrogen) atoms. The lowest BCUT2D eigenvalue weighted by atomic mass is 9.91. The van der Waals surface area contributed by atoms with Crippen molar-refractivity contribution < 1.29 is 9.59 Å². The van der Waals surface area contributed by atoms with Crippen LogP contribution in [0.5, 0.6) is 0 Å². The number of H-pyrrole nitrogens is 1. The van der Waals surface area contributed by atoms with Crippen molar-refractivity contribution in [3.63, 3.8) is 0 Å². The largest absolute Gasteiger partial charge is 0.346 e. The molecule has 2 aromatic rings. The number of rotatable bonds is 3. The van der Waals surface area contributed by atoms with Crippen LogP contribution in [0.3, 0.4) is 0 Å². The van der Waals surface area contributed by atoms with E-state index in [1.807, 2.05) is 11.0 Å². The van der Waals surface area contributed by atoms with E-state index in [0.717, 1.165) is 5.39 Å². The highest BCUT2D eigenvalue weighted by Crippen LogP contribution is 2.33. The van der Waals surface area contributed by atoms with Crippen molar-refractivity contribution in [2.75, 3.05) is 26.2 Å². The number of aromatic amines is 1. The van der Waals surface area contributed by atoms with Crippen LogP contribution in [-0.2, 0) is 4.79 Å². The van der Waals surface area contributed by atoms with Crippen LogP contribution in [0, 0.1) is 5.92 Å². The lowest BCUT2D eigenvalue weighted by Crippen LogP contribution is -2.62. The van der Waals surface area contributed by atoms with E-state index in [-0.39, 0.29) is 24.4 Å². The van der Waals surface area contributed by atoms with Gasteiger partial charge in [0.1, 0.15) is 5.65 Å². The van der Waals surface area contributed by atoms with Gasteiger partial charge in [0.25, 0.3) is 5.91 Å². The van der Waals surface area contributed by atoms with E-state index in [1.165, 1.54) is 0 Å². The smallest absolute Gasteiger partial charge is 0.254 e. The first-order chi connectivity index (χ1) is 11.6. The van der Waals surface area contributed by atoms with Gasteiger partial charge in [-0.15, -0.1) is 0 Å². The quantitative estimate of drug-likeness (QED) is 0.676. The predicted molar refractivity (Wildman–Crippen MR) is 88.0 cm³/mol. The number of nitrogens with one attached hydrogen (secondary N) is 1. The molecule has 2 amide bonds. The highest BCUT2D eigenvalue weighted by molar-refractivity contribution is 6.05. The number of carbonyl (C=O) groups excluding carboxylic acids is 2. The third-order valence-corrected chi connectivity index (χ3v) is 5.07. The summed E-state index contributed by atoms with van der Waals surface area (Å²) >= 11 is 0. The predicted octanol–water partition coefficient (Wildman–Crippen LogP) is -0.868. The molecule has 8 nitrogen and oxygen atoms in total. The van der Waals surface area contributed by atoms with Crippen LogP contribution in [0.15, 0.2) is 24.5 Å². The summed E-state index contributed by atoms with van der Waals surface area (Å²) in [7, 11) is 0. The molecule has 4 rings (SSSR count). The first-order valence-corrected chi connectivity index (χ1v) is 8.07. The van der Waals surface area contributed by atoms with Gasteiger partial charge in [0.15, 0.2) is 0 Å². The summed E-state index contributed by atoms with van der Waals surface area (Å²) in [5, 5.41) is 0.819. The minimum Gasteiger partial charge on any atom is -0.346 e. The van der Waals surface area contributed by atoms with E-state index in [4.69, 9.17) is 11.5 Å². The maximum atomic E-state index is 12.9. The fourth-order valence-corrected chi connectivity index (χ4v) is 3.69. The van der Waals surface area contributed by atoms with Crippen LogP contribution in [0.4, 0.5) is 0 Å². The summed E-state index contributed by atoms with van der Waals surface area (Å²) < 4.78 is 0. The Balaban J connectivity index is 1.51. The molecule has 2 fully saturated rings. The molecule has 2 aromatic heterocycles. The summed E-state index contributed by atoms with van der Waals surface area (Å²) in [6.07, 6.45) is 3.41. The van der Waals surface area contributed by atoms with Crippen LogP contribution in [-0.4, -0.2) is 69.8 Å². The van der Waals surface area contributed by atoms with Gasteiger partial charge in [-0.25, -0.2) is 4.98 Å². The second-order valence-electron chi connectivity index (χ2n) is 6.47. The first kappa shape index (κ1) is 15.1. The summed E-state index contributed by atoms with van der Waals surface area (Å²) in [6.45, 7) is 1.99.